The zero-order valence-electron chi connectivity index (χ0n) is 16.9. The molecular formula is C19H27BrFN5O3. The Morgan fingerprint density at radius 1 is 1.48 bits per heavy atom. The van der Waals surface area contributed by atoms with Gasteiger partial charge < -0.3 is 21.1 Å². The number of β-amino-alcohol motifs (C(OH)–C–C–N with tert-alkyl or cyclic N) is 1. The number of hydrogen-bond acceptors (Lipinski definition) is 6. The van der Waals surface area contributed by atoms with Gasteiger partial charge in [-0.1, -0.05) is 35.9 Å². The Hall–Kier alpha value is -2.30. The monoisotopic (exact) mass is 471 g/mol. The minimum absolute atomic E-state index is 0.0241. The molecule has 1 fully saturated rings. The van der Waals surface area contributed by atoms with Gasteiger partial charge in [-0.3, -0.25) is 9.59 Å². The van der Waals surface area contributed by atoms with Crippen LogP contribution in [0.4, 0.5) is 10.1 Å². The number of aliphatic hydroxyl groups is 1. The molecule has 8 nitrogen and oxygen atoms in total. The van der Waals surface area contributed by atoms with E-state index >= 15 is 0 Å². The van der Waals surface area contributed by atoms with E-state index in [1.165, 1.54) is 24.1 Å². The van der Waals surface area contributed by atoms with Gasteiger partial charge in [-0.05, 0) is 25.1 Å². The van der Waals surface area contributed by atoms with Gasteiger partial charge in [0.15, 0.2) is 5.71 Å². The molecule has 2 rings (SSSR count). The Morgan fingerprint density at radius 2 is 2.10 bits per heavy atom. The second-order valence-corrected chi connectivity index (χ2v) is 7.08. The Labute approximate surface area is 178 Å². The third-order valence-electron chi connectivity index (χ3n) is 3.99. The van der Waals surface area contributed by atoms with Gasteiger partial charge in [-0.15, -0.1) is 0 Å². The van der Waals surface area contributed by atoms with Crippen LogP contribution in [0.3, 0.4) is 0 Å². The van der Waals surface area contributed by atoms with Crippen molar-refractivity contribution in [2.24, 2.45) is 10.8 Å². The van der Waals surface area contributed by atoms with E-state index < -0.39 is 17.3 Å². The number of nitrogens with one attached hydrogen (secondary N) is 1. The van der Waals surface area contributed by atoms with E-state index in [4.69, 9.17) is 5.73 Å². The highest BCUT2D eigenvalue weighted by Gasteiger charge is 2.44. The molecule has 4 N–H and O–H groups in total. The fraction of sp³-hybridized carbons (Fsp3) is 0.421. The lowest BCUT2D eigenvalue weighted by Crippen LogP contribution is -2.67. The van der Waals surface area contributed by atoms with Crippen LogP contribution in [0.2, 0.25) is 0 Å². The van der Waals surface area contributed by atoms with Gasteiger partial charge in [0.05, 0.1) is 24.5 Å². The van der Waals surface area contributed by atoms with Gasteiger partial charge in [-0.2, -0.15) is 5.10 Å². The van der Waals surface area contributed by atoms with Crippen LogP contribution in [-0.4, -0.2) is 65.3 Å². The van der Waals surface area contributed by atoms with Crippen molar-refractivity contribution in [1.82, 2.24) is 9.91 Å². The van der Waals surface area contributed by atoms with E-state index in [1.807, 2.05) is 13.8 Å². The topological polar surface area (TPSA) is 111 Å². The molecule has 1 heterocycles. The third kappa shape index (κ3) is 6.34. The van der Waals surface area contributed by atoms with Crippen LogP contribution in [0.15, 0.2) is 39.5 Å². The van der Waals surface area contributed by atoms with Gasteiger partial charge in [0.2, 0.25) is 6.41 Å². The zero-order valence-corrected chi connectivity index (χ0v) is 18.5. The number of amides is 2. The molecule has 160 valence electrons. The molecule has 1 aliphatic rings. The number of rotatable bonds is 7. The maximum Gasteiger partial charge on any atom is 0.276 e. The first-order valence-corrected chi connectivity index (χ1v) is 9.89. The van der Waals surface area contributed by atoms with Gasteiger partial charge in [0, 0.05) is 18.1 Å². The smallest absolute Gasteiger partial charge is 0.276 e. The molecule has 0 aliphatic carbocycles. The van der Waals surface area contributed by atoms with Crippen LogP contribution in [-0.2, 0) is 9.59 Å². The van der Waals surface area contributed by atoms with Crippen LogP contribution in [0.25, 0.3) is 0 Å². The van der Waals surface area contributed by atoms with Gasteiger partial charge in [0.1, 0.15) is 11.4 Å². The third-order valence-corrected chi connectivity index (χ3v) is 4.49. The molecule has 0 atom stereocenters. The molecule has 1 saturated heterocycles. The SMILES string of the molecule is C/C=C(Nc1ccc(Br)cc1F)\C(=N/N(C)C=O)C(=O)N1CC(O)(CN)C1.CC. The summed E-state index contributed by atoms with van der Waals surface area (Å²) in [5.74, 6) is -1.04. The standard InChI is InChI=1S/C17H21BrFN5O3.C2H6/c1-3-13(21-14-5-4-11(18)6-12(14)19)15(22-23(2)10-25)16(26)24-8-17(27,7-20)9-24;1-2/h3-6,10,21,27H,7-9,20H2,1-2H3;1-2H3/b13-3+,22-15+;. The van der Waals surface area contributed by atoms with E-state index in [2.05, 4.69) is 26.3 Å². The van der Waals surface area contributed by atoms with Gasteiger partial charge in [-0.25, -0.2) is 9.40 Å². The van der Waals surface area contributed by atoms with Crippen molar-refractivity contribution in [2.75, 3.05) is 32.0 Å². The van der Waals surface area contributed by atoms with Crippen molar-refractivity contribution in [3.8, 4) is 0 Å². The highest BCUT2D eigenvalue weighted by Crippen LogP contribution is 2.24. The van der Waals surface area contributed by atoms with E-state index in [9.17, 15) is 19.1 Å². The summed E-state index contributed by atoms with van der Waals surface area (Å²) in [4.78, 5) is 25.1. The maximum absolute atomic E-state index is 14.2. The van der Waals surface area contributed by atoms with Crippen molar-refractivity contribution in [3.63, 3.8) is 0 Å². The number of hydrazone groups is 1. The van der Waals surface area contributed by atoms with Crippen molar-refractivity contribution in [2.45, 2.75) is 26.4 Å². The summed E-state index contributed by atoms with van der Waals surface area (Å²) in [5.41, 5.74) is 4.63. The predicted octanol–water partition coefficient (Wildman–Crippen LogP) is 1.91. The molecule has 0 spiro atoms. The second-order valence-electron chi connectivity index (χ2n) is 6.17. The van der Waals surface area contributed by atoms with Crippen molar-refractivity contribution in [1.29, 1.82) is 0 Å². The number of allylic oxidation sites excluding steroid dienone is 1. The Balaban J connectivity index is 0.00000204. The number of carbonyl (C=O) groups excluding carboxylic acids is 2. The minimum atomic E-state index is -1.13. The van der Waals surface area contributed by atoms with Gasteiger partial charge >= 0.3 is 0 Å². The molecule has 0 radical (unpaired) electrons. The molecule has 1 aromatic rings. The number of likely N-dealkylation sites (tertiary alicyclic amines) is 1. The molecular weight excluding hydrogens is 445 g/mol. The molecule has 29 heavy (non-hydrogen) atoms. The molecule has 1 aliphatic heterocycles. The predicted molar refractivity (Wildman–Crippen MR) is 115 cm³/mol. The summed E-state index contributed by atoms with van der Waals surface area (Å²) in [5, 5.41) is 17.8. The second kappa shape index (κ2) is 11.0. The number of anilines is 1. The van der Waals surface area contributed by atoms with Crippen LogP contribution in [0.1, 0.15) is 20.8 Å². The van der Waals surface area contributed by atoms with Crippen LogP contribution in [0, 0.1) is 5.82 Å². The highest BCUT2D eigenvalue weighted by atomic mass is 79.9. The first-order valence-electron chi connectivity index (χ1n) is 9.10. The lowest BCUT2D eigenvalue weighted by molar-refractivity contribution is -0.146. The number of benzene rings is 1. The number of nitrogens with two attached hydrogens (primary N) is 1. The fourth-order valence-electron chi connectivity index (χ4n) is 2.48. The highest BCUT2D eigenvalue weighted by molar-refractivity contribution is 9.10. The summed E-state index contributed by atoms with van der Waals surface area (Å²) in [7, 11) is 1.38. The number of hydrogen-bond donors (Lipinski definition) is 3. The Kier molecular flexibility index (Phi) is 9.41. The maximum atomic E-state index is 14.2. The number of nitrogens with zero attached hydrogens (tertiary/aromatic N) is 3. The first-order chi connectivity index (χ1) is 13.7. The van der Waals surface area contributed by atoms with Crippen LogP contribution >= 0.6 is 15.9 Å². The molecule has 0 saturated carbocycles. The molecule has 0 aromatic heterocycles. The fourth-order valence-corrected chi connectivity index (χ4v) is 2.82. The quantitative estimate of drug-likeness (QED) is 0.319. The lowest BCUT2D eigenvalue weighted by atomic mass is 9.93. The molecule has 2 amide bonds. The van der Waals surface area contributed by atoms with Crippen LogP contribution < -0.4 is 11.1 Å². The van der Waals surface area contributed by atoms with Crippen molar-refractivity contribution < 1.29 is 19.1 Å². The lowest BCUT2D eigenvalue weighted by Gasteiger charge is -2.45. The molecule has 10 heteroatoms. The van der Waals surface area contributed by atoms with Gasteiger partial charge in [0.25, 0.3) is 5.91 Å². The van der Waals surface area contributed by atoms with E-state index in [1.54, 1.807) is 19.1 Å². The largest absolute Gasteiger partial charge is 0.385 e. The number of carbonyl (C=O) groups is 2. The normalized spacial score (nSPS) is 15.7. The summed E-state index contributed by atoms with van der Waals surface area (Å²) in [6, 6.07) is 4.43. The Bertz CT molecular complexity index is 794. The zero-order chi connectivity index (χ0) is 22.2. The average molecular weight is 472 g/mol. The molecule has 0 unspecified atom stereocenters. The molecule has 0 bridgehead atoms. The van der Waals surface area contributed by atoms with E-state index in [0.717, 1.165) is 5.01 Å². The van der Waals surface area contributed by atoms with E-state index in [-0.39, 0.29) is 36.7 Å². The van der Waals surface area contributed by atoms with Crippen molar-refractivity contribution >= 4 is 39.6 Å². The van der Waals surface area contributed by atoms with Crippen LogP contribution in [0.5, 0.6) is 0 Å². The summed E-state index contributed by atoms with van der Waals surface area (Å²) in [6.45, 7) is 5.77. The average Bonchev–Trinajstić information content (AvgIpc) is 2.70. The Morgan fingerprint density at radius 3 is 2.59 bits per heavy atom. The summed E-state index contributed by atoms with van der Waals surface area (Å²) >= 11 is 3.18. The first kappa shape index (κ1) is 24.7. The molecule has 1 aromatic carbocycles. The van der Waals surface area contributed by atoms with Crippen molar-refractivity contribution in [3.05, 3.63) is 40.3 Å². The summed E-state index contributed by atoms with van der Waals surface area (Å²) in [6.07, 6.45) is 1.98. The minimum Gasteiger partial charge on any atom is -0.385 e. The van der Waals surface area contributed by atoms with E-state index in [0.29, 0.717) is 10.9 Å². The number of halogens is 2. The summed E-state index contributed by atoms with van der Waals surface area (Å²) < 4.78 is 14.7.